The Bertz CT molecular complexity index is 1130. The largest absolute Gasteiger partial charge is 0.385 e. The van der Waals surface area contributed by atoms with Gasteiger partial charge in [-0.3, -0.25) is 14.2 Å². The maximum atomic E-state index is 13.1. The van der Waals surface area contributed by atoms with Gasteiger partial charge in [-0.25, -0.2) is 4.98 Å². The van der Waals surface area contributed by atoms with E-state index in [4.69, 9.17) is 16.3 Å². The number of aromatic nitrogens is 2. The summed E-state index contributed by atoms with van der Waals surface area (Å²) >= 11 is 7.37. The second-order valence-corrected chi connectivity index (χ2v) is 9.69. The summed E-state index contributed by atoms with van der Waals surface area (Å²) in [6, 6.07) is 15.0. The normalized spacial score (nSPS) is 12.3. The number of methoxy groups -OCH3 is 1. The molecule has 2 aromatic carbocycles. The molecule has 3 aromatic rings. The molecular formula is C25H30ClN3O3S. The third kappa shape index (κ3) is 7.06. The number of nitrogens with one attached hydrogen (secondary N) is 1. The summed E-state index contributed by atoms with van der Waals surface area (Å²) in [6.07, 6.45) is 1.51. The highest BCUT2D eigenvalue weighted by Gasteiger charge is 2.18. The molecule has 1 N–H and O–H groups in total. The molecule has 1 heterocycles. The van der Waals surface area contributed by atoms with Crippen molar-refractivity contribution in [2.75, 3.05) is 19.5 Å². The minimum Gasteiger partial charge on any atom is -0.385 e. The van der Waals surface area contributed by atoms with Crippen LogP contribution in [0.15, 0.2) is 58.5 Å². The minimum atomic E-state index is -0.141. The van der Waals surface area contributed by atoms with E-state index in [0.717, 1.165) is 12.0 Å². The molecule has 176 valence electrons. The van der Waals surface area contributed by atoms with Crippen LogP contribution in [-0.4, -0.2) is 34.9 Å². The molecular weight excluding hydrogens is 458 g/mol. The topological polar surface area (TPSA) is 73.2 Å². The van der Waals surface area contributed by atoms with E-state index in [1.54, 1.807) is 29.9 Å². The van der Waals surface area contributed by atoms with Gasteiger partial charge in [0.1, 0.15) is 0 Å². The van der Waals surface area contributed by atoms with Gasteiger partial charge in [0.2, 0.25) is 5.91 Å². The zero-order valence-electron chi connectivity index (χ0n) is 19.2. The van der Waals surface area contributed by atoms with Crippen LogP contribution < -0.4 is 10.9 Å². The standard InChI is InChI=1S/C25H30ClN3O3S/c1-17(2)14-21(18-8-5-4-6-9-18)27-23(30)16-33-25-28-22-15-19(26)10-11-20(22)24(31)29(25)12-7-13-32-3/h4-6,8-11,15,17,21H,7,12-14,16H2,1-3H3,(H,27,30). The van der Waals surface area contributed by atoms with E-state index < -0.39 is 0 Å². The first-order chi connectivity index (χ1) is 15.9. The number of benzene rings is 2. The first kappa shape index (κ1) is 25.3. The molecule has 0 saturated heterocycles. The average molecular weight is 488 g/mol. The molecule has 8 heteroatoms. The maximum Gasteiger partial charge on any atom is 0.262 e. The molecule has 1 atom stereocenters. The first-order valence-electron chi connectivity index (χ1n) is 11.0. The molecule has 0 saturated carbocycles. The predicted molar refractivity (Wildman–Crippen MR) is 135 cm³/mol. The second kappa shape index (κ2) is 12.2. The zero-order valence-corrected chi connectivity index (χ0v) is 20.8. The fourth-order valence-electron chi connectivity index (χ4n) is 3.65. The zero-order chi connectivity index (χ0) is 23.8. The Kier molecular flexibility index (Phi) is 9.35. The summed E-state index contributed by atoms with van der Waals surface area (Å²) in [4.78, 5) is 30.6. The number of halogens is 1. The summed E-state index contributed by atoms with van der Waals surface area (Å²) in [7, 11) is 1.63. The molecule has 0 spiro atoms. The Morgan fingerprint density at radius 3 is 2.67 bits per heavy atom. The van der Waals surface area contributed by atoms with Gasteiger partial charge in [-0.15, -0.1) is 0 Å². The third-order valence-electron chi connectivity index (χ3n) is 5.19. The Balaban J connectivity index is 1.80. The molecule has 0 fully saturated rings. The van der Waals surface area contributed by atoms with Crippen LogP contribution in [0.4, 0.5) is 0 Å². The summed E-state index contributed by atoms with van der Waals surface area (Å²) in [6.45, 7) is 5.27. The Morgan fingerprint density at radius 1 is 1.21 bits per heavy atom. The van der Waals surface area contributed by atoms with Gasteiger partial charge in [-0.2, -0.15) is 0 Å². The fraction of sp³-hybridized carbons (Fsp3) is 0.400. The number of carbonyl (C=O) groups excluding carboxylic acids is 1. The summed E-state index contributed by atoms with van der Waals surface area (Å²) in [5.41, 5.74) is 1.47. The Morgan fingerprint density at radius 2 is 1.97 bits per heavy atom. The molecule has 0 radical (unpaired) electrons. The van der Waals surface area contributed by atoms with Crippen molar-refractivity contribution < 1.29 is 9.53 Å². The van der Waals surface area contributed by atoms with Crippen molar-refractivity contribution in [2.24, 2.45) is 5.92 Å². The van der Waals surface area contributed by atoms with E-state index in [0.29, 0.717) is 46.6 Å². The van der Waals surface area contributed by atoms with Gasteiger partial charge in [0, 0.05) is 25.3 Å². The van der Waals surface area contributed by atoms with Crippen LogP contribution in [0.25, 0.3) is 10.9 Å². The van der Waals surface area contributed by atoms with Crippen molar-refractivity contribution in [2.45, 2.75) is 44.4 Å². The molecule has 1 aromatic heterocycles. The van der Waals surface area contributed by atoms with Crippen LogP contribution in [0.3, 0.4) is 0 Å². The molecule has 6 nitrogen and oxygen atoms in total. The summed E-state index contributed by atoms with van der Waals surface area (Å²) in [5, 5.41) is 4.67. The number of amides is 1. The van der Waals surface area contributed by atoms with Gasteiger partial charge >= 0.3 is 0 Å². The molecule has 3 rings (SSSR count). The van der Waals surface area contributed by atoms with Crippen molar-refractivity contribution in [1.82, 2.24) is 14.9 Å². The molecule has 1 amide bonds. The number of nitrogens with zero attached hydrogens (tertiary/aromatic N) is 2. The minimum absolute atomic E-state index is 0.0634. The van der Waals surface area contributed by atoms with Crippen LogP contribution in [-0.2, 0) is 16.1 Å². The van der Waals surface area contributed by atoms with Crippen LogP contribution in [0.5, 0.6) is 0 Å². The highest BCUT2D eigenvalue weighted by atomic mass is 35.5. The second-order valence-electron chi connectivity index (χ2n) is 8.31. The van der Waals surface area contributed by atoms with Gasteiger partial charge in [-0.1, -0.05) is 67.5 Å². The van der Waals surface area contributed by atoms with Gasteiger partial charge in [0.05, 0.1) is 22.7 Å². The van der Waals surface area contributed by atoms with Gasteiger partial charge in [0.25, 0.3) is 5.56 Å². The third-order valence-corrected chi connectivity index (χ3v) is 6.40. The SMILES string of the molecule is COCCCn1c(SCC(=O)NC(CC(C)C)c2ccccc2)nc2cc(Cl)ccc2c1=O. The number of hydrogen-bond acceptors (Lipinski definition) is 5. The lowest BCUT2D eigenvalue weighted by Gasteiger charge is -2.21. The number of rotatable bonds is 11. The van der Waals surface area contributed by atoms with Crippen molar-refractivity contribution >= 4 is 40.2 Å². The highest BCUT2D eigenvalue weighted by molar-refractivity contribution is 7.99. The quantitative estimate of drug-likeness (QED) is 0.232. The first-order valence-corrected chi connectivity index (χ1v) is 12.4. The lowest BCUT2D eigenvalue weighted by molar-refractivity contribution is -0.119. The van der Waals surface area contributed by atoms with Crippen molar-refractivity contribution in [1.29, 1.82) is 0 Å². The molecule has 0 aliphatic heterocycles. The lowest BCUT2D eigenvalue weighted by Crippen LogP contribution is -2.31. The van der Waals surface area contributed by atoms with Crippen LogP contribution in [0.1, 0.15) is 38.3 Å². The Labute approximate surface area is 203 Å². The van der Waals surface area contributed by atoms with Crippen molar-refractivity contribution in [3.8, 4) is 0 Å². The van der Waals surface area contributed by atoms with E-state index in [-0.39, 0.29) is 23.3 Å². The molecule has 0 aliphatic rings. The van der Waals surface area contributed by atoms with E-state index in [1.807, 2.05) is 30.3 Å². The molecule has 0 bridgehead atoms. The number of ether oxygens (including phenoxy) is 1. The van der Waals surface area contributed by atoms with E-state index in [1.165, 1.54) is 11.8 Å². The Hall–Kier alpha value is -2.35. The fourth-order valence-corrected chi connectivity index (χ4v) is 4.65. The van der Waals surface area contributed by atoms with Crippen LogP contribution in [0, 0.1) is 5.92 Å². The highest BCUT2D eigenvalue weighted by Crippen LogP contribution is 2.23. The van der Waals surface area contributed by atoms with Crippen molar-refractivity contribution in [3.63, 3.8) is 0 Å². The predicted octanol–water partition coefficient (Wildman–Crippen LogP) is 5.08. The number of carbonyl (C=O) groups is 1. The summed E-state index contributed by atoms with van der Waals surface area (Å²) < 4.78 is 6.76. The summed E-state index contributed by atoms with van der Waals surface area (Å²) in [5.74, 6) is 0.490. The molecule has 33 heavy (non-hydrogen) atoms. The number of thioether (sulfide) groups is 1. The smallest absolute Gasteiger partial charge is 0.262 e. The molecule has 0 aliphatic carbocycles. The van der Waals surface area contributed by atoms with Crippen molar-refractivity contribution in [3.05, 3.63) is 69.5 Å². The average Bonchev–Trinajstić information content (AvgIpc) is 2.79. The number of fused-ring (bicyclic) bond motifs is 1. The lowest BCUT2D eigenvalue weighted by atomic mass is 9.97. The van der Waals surface area contributed by atoms with E-state index in [9.17, 15) is 9.59 Å². The van der Waals surface area contributed by atoms with Gasteiger partial charge in [-0.05, 0) is 42.5 Å². The van der Waals surface area contributed by atoms with E-state index in [2.05, 4.69) is 24.1 Å². The van der Waals surface area contributed by atoms with Gasteiger partial charge < -0.3 is 10.1 Å². The maximum absolute atomic E-state index is 13.1. The number of hydrogen-bond donors (Lipinski definition) is 1. The van der Waals surface area contributed by atoms with E-state index >= 15 is 0 Å². The van der Waals surface area contributed by atoms with Crippen LogP contribution in [0.2, 0.25) is 5.02 Å². The monoisotopic (exact) mass is 487 g/mol. The van der Waals surface area contributed by atoms with Crippen LogP contribution >= 0.6 is 23.4 Å². The van der Waals surface area contributed by atoms with Gasteiger partial charge in [0.15, 0.2) is 5.16 Å². The molecule has 1 unspecified atom stereocenters.